The lowest BCUT2D eigenvalue weighted by atomic mass is 10.2. The topological polar surface area (TPSA) is 95.8 Å². The minimum absolute atomic E-state index is 0.105. The van der Waals surface area contributed by atoms with Crippen LogP contribution in [0.5, 0.6) is 11.6 Å². The molecule has 8 heteroatoms. The van der Waals surface area contributed by atoms with E-state index in [2.05, 4.69) is 15.1 Å². The van der Waals surface area contributed by atoms with Crippen molar-refractivity contribution in [2.45, 2.75) is 6.61 Å². The Morgan fingerprint density at radius 3 is 2.70 bits per heavy atom. The Morgan fingerprint density at radius 2 is 1.93 bits per heavy atom. The van der Waals surface area contributed by atoms with Crippen LogP contribution in [0.15, 0.2) is 88.8 Å². The van der Waals surface area contributed by atoms with Gasteiger partial charge in [0.1, 0.15) is 17.7 Å². The van der Waals surface area contributed by atoms with E-state index in [-0.39, 0.29) is 12.4 Å². The molecule has 2 N–H and O–H groups in total. The van der Waals surface area contributed by atoms with E-state index in [4.69, 9.17) is 31.3 Å². The average Bonchev–Trinajstić information content (AvgIpc) is 3.24. The number of nitrogens with two attached hydrogens (primary N) is 1. The molecule has 0 radical (unpaired) electrons. The summed E-state index contributed by atoms with van der Waals surface area (Å²) >= 11 is 5.99. The number of para-hydroxylation sites is 1. The van der Waals surface area contributed by atoms with Gasteiger partial charge in [-0.15, -0.1) is 0 Å². The molecule has 0 aliphatic heterocycles. The molecule has 0 saturated carbocycles. The molecule has 0 saturated heterocycles. The van der Waals surface area contributed by atoms with Crippen LogP contribution >= 0.6 is 11.6 Å². The molecule has 0 aliphatic carbocycles. The largest absolute Gasteiger partial charge is 0.444 e. The minimum atomic E-state index is 0.105. The fourth-order valence-electron chi connectivity index (χ4n) is 2.55. The molecule has 150 valence electrons. The van der Waals surface area contributed by atoms with Crippen molar-refractivity contribution in [1.82, 2.24) is 9.97 Å². The zero-order valence-corrected chi connectivity index (χ0v) is 16.5. The fraction of sp³-hybridized carbons (Fsp3) is 0.0455. The Bertz CT molecular complexity index is 1140. The molecule has 0 bridgehead atoms. The van der Waals surface area contributed by atoms with Crippen LogP contribution in [0, 0.1) is 0 Å². The van der Waals surface area contributed by atoms with E-state index in [9.17, 15) is 0 Å². The van der Waals surface area contributed by atoms with Crippen LogP contribution in [0.4, 0.5) is 0 Å². The molecule has 0 amide bonds. The summed E-state index contributed by atoms with van der Waals surface area (Å²) in [6.07, 6.45) is 3.06. The Hall–Kier alpha value is -3.84. The minimum Gasteiger partial charge on any atom is -0.444 e. The molecular weight excluding hydrogens is 404 g/mol. The monoisotopic (exact) mass is 420 g/mol. The van der Waals surface area contributed by atoms with Gasteiger partial charge in [-0.05, 0) is 36.4 Å². The summed E-state index contributed by atoms with van der Waals surface area (Å²) < 4.78 is 11.1. The quantitative estimate of drug-likeness (QED) is 0.256. The van der Waals surface area contributed by atoms with Crippen molar-refractivity contribution in [2.24, 2.45) is 10.9 Å². The second-order valence-electron chi connectivity index (χ2n) is 6.20. The van der Waals surface area contributed by atoms with Gasteiger partial charge in [0, 0.05) is 28.4 Å². The molecule has 2 heterocycles. The molecule has 0 aliphatic rings. The number of halogens is 1. The normalized spacial score (nSPS) is 11.3. The Labute approximate surface area is 177 Å². The number of amidine groups is 1. The first kappa shape index (κ1) is 19.5. The predicted molar refractivity (Wildman–Crippen MR) is 113 cm³/mol. The smallest absolute Gasteiger partial charge is 0.226 e. The second-order valence-corrected chi connectivity index (χ2v) is 6.64. The molecule has 2 aromatic heterocycles. The summed E-state index contributed by atoms with van der Waals surface area (Å²) in [6.45, 7) is 0.105. The van der Waals surface area contributed by atoms with Crippen LogP contribution in [0.1, 0.15) is 11.3 Å². The lowest BCUT2D eigenvalue weighted by molar-refractivity contribution is 0.127. The number of pyridine rings is 1. The zero-order chi connectivity index (χ0) is 20.8. The highest BCUT2D eigenvalue weighted by Crippen LogP contribution is 2.22. The van der Waals surface area contributed by atoms with Crippen molar-refractivity contribution in [3.05, 3.63) is 95.5 Å². The molecule has 0 fully saturated rings. The number of nitrogens with zero attached hydrogens (tertiary/aromatic N) is 3. The SMILES string of the molecule is N/C(=N/OCc1coc(-c2cccc(Cl)c2)n1)c1ccc(Oc2ccccc2)nc1. The van der Waals surface area contributed by atoms with E-state index in [0.29, 0.717) is 33.8 Å². The van der Waals surface area contributed by atoms with Crippen molar-refractivity contribution in [3.8, 4) is 23.1 Å². The molecule has 4 aromatic rings. The van der Waals surface area contributed by atoms with Gasteiger partial charge in [0.25, 0.3) is 0 Å². The molecular formula is C22H17ClN4O3. The van der Waals surface area contributed by atoms with Gasteiger partial charge in [-0.3, -0.25) is 0 Å². The number of oxazole rings is 1. The van der Waals surface area contributed by atoms with Gasteiger partial charge in [0.15, 0.2) is 12.4 Å². The third-order valence-corrected chi connectivity index (χ3v) is 4.23. The second kappa shape index (κ2) is 9.11. The van der Waals surface area contributed by atoms with E-state index < -0.39 is 0 Å². The van der Waals surface area contributed by atoms with E-state index in [1.807, 2.05) is 42.5 Å². The molecule has 30 heavy (non-hydrogen) atoms. The summed E-state index contributed by atoms with van der Waals surface area (Å²) in [7, 11) is 0. The first-order valence-corrected chi connectivity index (χ1v) is 9.40. The van der Waals surface area contributed by atoms with Crippen LogP contribution in [0.2, 0.25) is 5.02 Å². The van der Waals surface area contributed by atoms with Crippen LogP contribution in [-0.4, -0.2) is 15.8 Å². The summed E-state index contributed by atoms with van der Waals surface area (Å²) in [4.78, 5) is 13.9. The fourth-order valence-corrected chi connectivity index (χ4v) is 2.74. The maximum atomic E-state index is 5.99. The van der Waals surface area contributed by atoms with Gasteiger partial charge < -0.3 is 19.7 Å². The third-order valence-electron chi connectivity index (χ3n) is 4.00. The Morgan fingerprint density at radius 1 is 1.07 bits per heavy atom. The van der Waals surface area contributed by atoms with Crippen molar-refractivity contribution >= 4 is 17.4 Å². The van der Waals surface area contributed by atoms with Crippen LogP contribution < -0.4 is 10.5 Å². The van der Waals surface area contributed by atoms with Crippen molar-refractivity contribution in [1.29, 1.82) is 0 Å². The summed E-state index contributed by atoms with van der Waals surface area (Å²) in [5.41, 5.74) is 7.92. The highest BCUT2D eigenvalue weighted by Gasteiger charge is 2.08. The average molecular weight is 421 g/mol. The molecule has 0 unspecified atom stereocenters. The summed E-state index contributed by atoms with van der Waals surface area (Å²) in [6, 6.07) is 20.1. The zero-order valence-electron chi connectivity index (χ0n) is 15.7. The molecule has 2 aromatic carbocycles. The van der Waals surface area contributed by atoms with Crippen LogP contribution in [-0.2, 0) is 11.4 Å². The number of hydrogen-bond donors (Lipinski definition) is 1. The highest BCUT2D eigenvalue weighted by molar-refractivity contribution is 6.30. The van der Waals surface area contributed by atoms with Crippen LogP contribution in [0.3, 0.4) is 0 Å². The Kier molecular flexibility index (Phi) is 5.91. The van der Waals surface area contributed by atoms with Gasteiger partial charge in [-0.2, -0.15) is 0 Å². The number of benzene rings is 2. The van der Waals surface area contributed by atoms with Gasteiger partial charge in [-0.1, -0.05) is 41.0 Å². The molecule has 7 nitrogen and oxygen atoms in total. The number of oxime groups is 1. The number of hydrogen-bond acceptors (Lipinski definition) is 6. The highest BCUT2D eigenvalue weighted by atomic mass is 35.5. The molecule has 0 spiro atoms. The standard InChI is InChI=1S/C22H17ClN4O3/c23-17-6-4-5-15(11-17)22-26-18(13-28-22)14-29-27-21(24)16-9-10-20(25-12-16)30-19-7-2-1-3-8-19/h1-13H,14H2,(H2,24,27). The predicted octanol–water partition coefficient (Wildman–Crippen LogP) is 5.02. The van der Waals surface area contributed by atoms with E-state index in [1.54, 1.807) is 30.5 Å². The van der Waals surface area contributed by atoms with Crippen LogP contribution in [0.25, 0.3) is 11.5 Å². The number of aromatic nitrogens is 2. The third kappa shape index (κ3) is 4.95. The maximum absolute atomic E-state index is 5.99. The summed E-state index contributed by atoms with van der Waals surface area (Å²) in [5.74, 6) is 1.79. The van der Waals surface area contributed by atoms with Gasteiger partial charge in [0.05, 0.1) is 0 Å². The van der Waals surface area contributed by atoms with E-state index in [1.165, 1.54) is 6.26 Å². The first-order chi connectivity index (χ1) is 14.7. The van der Waals surface area contributed by atoms with Gasteiger partial charge in [0.2, 0.25) is 11.8 Å². The molecule has 0 atom stereocenters. The lowest BCUT2D eigenvalue weighted by Crippen LogP contribution is -2.14. The molecule has 4 rings (SSSR count). The lowest BCUT2D eigenvalue weighted by Gasteiger charge is -2.05. The van der Waals surface area contributed by atoms with E-state index in [0.717, 1.165) is 5.56 Å². The number of rotatable bonds is 7. The number of ether oxygens (including phenoxy) is 1. The Balaban J connectivity index is 1.34. The summed E-state index contributed by atoms with van der Waals surface area (Å²) in [5, 5.41) is 4.52. The van der Waals surface area contributed by atoms with Crippen molar-refractivity contribution in [3.63, 3.8) is 0 Å². The van der Waals surface area contributed by atoms with Crippen molar-refractivity contribution < 1.29 is 14.0 Å². The van der Waals surface area contributed by atoms with Gasteiger partial charge >= 0.3 is 0 Å². The maximum Gasteiger partial charge on any atom is 0.226 e. The first-order valence-electron chi connectivity index (χ1n) is 9.02. The van der Waals surface area contributed by atoms with Crippen molar-refractivity contribution in [2.75, 3.05) is 0 Å². The van der Waals surface area contributed by atoms with Gasteiger partial charge in [-0.25, -0.2) is 9.97 Å². The van der Waals surface area contributed by atoms with E-state index >= 15 is 0 Å².